The smallest absolute Gasteiger partial charge is 0.240 e. The van der Waals surface area contributed by atoms with Gasteiger partial charge >= 0.3 is 0 Å². The first-order valence-electron chi connectivity index (χ1n) is 8.13. The Hall–Kier alpha value is -1.36. The van der Waals surface area contributed by atoms with Gasteiger partial charge in [-0.1, -0.05) is 6.42 Å². The number of amides is 1. The van der Waals surface area contributed by atoms with Gasteiger partial charge in [0.1, 0.15) is 0 Å². The normalized spacial score (nSPS) is 26.3. The zero-order chi connectivity index (χ0) is 15.0. The van der Waals surface area contributed by atoms with Crippen molar-refractivity contribution in [2.45, 2.75) is 58.0 Å². The average Bonchev–Trinajstić information content (AvgIpc) is 3.05. The maximum absolute atomic E-state index is 12.8. The number of rotatable bonds is 2. The molecule has 3 heterocycles. The van der Waals surface area contributed by atoms with Crippen molar-refractivity contribution in [2.75, 3.05) is 13.1 Å². The summed E-state index contributed by atoms with van der Waals surface area (Å²) in [6, 6.07) is 0.242. The van der Waals surface area contributed by atoms with E-state index in [0.717, 1.165) is 44.5 Å². The van der Waals surface area contributed by atoms with E-state index in [0.29, 0.717) is 5.91 Å². The highest BCUT2D eigenvalue weighted by Gasteiger charge is 2.36. The van der Waals surface area contributed by atoms with Crippen LogP contribution in [0.25, 0.3) is 0 Å². The lowest BCUT2D eigenvalue weighted by Crippen LogP contribution is -2.48. The second kappa shape index (κ2) is 5.79. The highest BCUT2D eigenvalue weighted by atomic mass is 16.2. The Morgan fingerprint density at radius 3 is 2.67 bits per heavy atom. The van der Waals surface area contributed by atoms with Gasteiger partial charge in [0.05, 0.1) is 17.8 Å². The van der Waals surface area contributed by atoms with Gasteiger partial charge in [-0.25, -0.2) is 0 Å². The third-order valence-electron chi connectivity index (χ3n) is 5.04. The van der Waals surface area contributed by atoms with Crippen molar-refractivity contribution in [1.82, 2.24) is 20.0 Å². The number of nitrogens with one attached hydrogen (secondary N) is 1. The molecule has 2 saturated heterocycles. The van der Waals surface area contributed by atoms with Gasteiger partial charge in [-0.2, -0.15) is 5.10 Å². The van der Waals surface area contributed by atoms with Crippen molar-refractivity contribution in [2.24, 2.45) is 7.05 Å². The van der Waals surface area contributed by atoms with Gasteiger partial charge in [0, 0.05) is 24.8 Å². The van der Waals surface area contributed by atoms with Crippen molar-refractivity contribution >= 4 is 5.91 Å². The first-order valence-corrected chi connectivity index (χ1v) is 8.13. The minimum absolute atomic E-state index is 0.0247. The van der Waals surface area contributed by atoms with Crippen LogP contribution in [0.2, 0.25) is 0 Å². The highest BCUT2D eigenvalue weighted by Crippen LogP contribution is 2.36. The van der Waals surface area contributed by atoms with Crippen LogP contribution in [-0.4, -0.2) is 39.7 Å². The quantitative estimate of drug-likeness (QED) is 0.904. The van der Waals surface area contributed by atoms with E-state index < -0.39 is 0 Å². The Morgan fingerprint density at radius 1 is 1.24 bits per heavy atom. The summed E-state index contributed by atoms with van der Waals surface area (Å²) >= 11 is 0. The van der Waals surface area contributed by atoms with Crippen LogP contribution in [-0.2, 0) is 11.8 Å². The molecular weight excluding hydrogens is 264 g/mol. The van der Waals surface area contributed by atoms with E-state index in [1.807, 2.05) is 11.7 Å². The summed E-state index contributed by atoms with van der Waals surface area (Å²) in [6.45, 7) is 6.02. The van der Waals surface area contributed by atoms with E-state index in [9.17, 15) is 4.79 Å². The summed E-state index contributed by atoms with van der Waals surface area (Å²) in [4.78, 5) is 14.9. The summed E-state index contributed by atoms with van der Waals surface area (Å²) in [6.07, 6.45) is 5.48. The Labute approximate surface area is 126 Å². The van der Waals surface area contributed by atoms with Gasteiger partial charge < -0.3 is 10.2 Å². The molecule has 1 aromatic heterocycles. The third-order valence-corrected chi connectivity index (χ3v) is 5.04. The lowest BCUT2D eigenvalue weighted by molar-refractivity contribution is -0.135. The molecule has 2 aliphatic rings. The molecule has 21 heavy (non-hydrogen) atoms. The fourth-order valence-electron chi connectivity index (χ4n) is 3.87. The SMILES string of the molecule is Cc1nn(C)c(C)c1C1CCCN1C(=O)[C@H]1CCCCN1. The Balaban J connectivity index is 1.83. The molecule has 1 N–H and O–H groups in total. The van der Waals surface area contributed by atoms with Crippen molar-refractivity contribution < 1.29 is 4.79 Å². The number of piperidine rings is 1. The molecule has 1 unspecified atom stereocenters. The van der Waals surface area contributed by atoms with Crippen LogP contribution in [0.5, 0.6) is 0 Å². The van der Waals surface area contributed by atoms with Crippen LogP contribution in [0.1, 0.15) is 55.1 Å². The Morgan fingerprint density at radius 2 is 2.05 bits per heavy atom. The molecule has 116 valence electrons. The van der Waals surface area contributed by atoms with E-state index in [2.05, 4.69) is 29.2 Å². The molecule has 5 nitrogen and oxygen atoms in total. The summed E-state index contributed by atoms with van der Waals surface area (Å²) in [5, 5.41) is 7.91. The van der Waals surface area contributed by atoms with E-state index in [1.165, 1.54) is 17.7 Å². The van der Waals surface area contributed by atoms with Gasteiger partial charge in [-0.3, -0.25) is 9.48 Å². The molecule has 0 aliphatic carbocycles. The maximum Gasteiger partial charge on any atom is 0.240 e. The molecular formula is C16H26N4O. The van der Waals surface area contributed by atoms with Crippen molar-refractivity contribution in [1.29, 1.82) is 0 Å². The third kappa shape index (κ3) is 2.59. The van der Waals surface area contributed by atoms with Crippen LogP contribution in [0, 0.1) is 13.8 Å². The van der Waals surface area contributed by atoms with E-state index in [4.69, 9.17) is 0 Å². The zero-order valence-corrected chi connectivity index (χ0v) is 13.4. The average molecular weight is 290 g/mol. The van der Waals surface area contributed by atoms with Gasteiger partial charge in [-0.15, -0.1) is 0 Å². The van der Waals surface area contributed by atoms with Gasteiger partial charge in [-0.05, 0) is 46.1 Å². The zero-order valence-electron chi connectivity index (χ0n) is 13.4. The van der Waals surface area contributed by atoms with Crippen LogP contribution >= 0.6 is 0 Å². The molecule has 0 spiro atoms. The molecule has 0 radical (unpaired) electrons. The maximum atomic E-state index is 12.8. The first-order chi connectivity index (χ1) is 10.1. The molecule has 5 heteroatoms. The molecule has 0 bridgehead atoms. The molecule has 2 atom stereocenters. The Bertz CT molecular complexity index is 531. The van der Waals surface area contributed by atoms with E-state index in [-0.39, 0.29) is 12.1 Å². The number of hydrogen-bond donors (Lipinski definition) is 1. The Kier molecular flexibility index (Phi) is 4.02. The van der Waals surface area contributed by atoms with E-state index in [1.54, 1.807) is 0 Å². The minimum atomic E-state index is 0.0247. The fourth-order valence-corrected chi connectivity index (χ4v) is 3.87. The fraction of sp³-hybridized carbons (Fsp3) is 0.750. The number of nitrogens with zero attached hydrogens (tertiary/aromatic N) is 3. The molecule has 1 amide bonds. The van der Waals surface area contributed by atoms with Gasteiger partial charge in [0.25, 0.3) is 0 Å². The standard InChI is InChI=1S/C16H26N4O/c1-11-15(12(2)19(3)18-11)14-8-6-10-20(14)16(21)13-7-4-5-9-17-13/h13-14,17H,4-10H2,1-3H3/t13-,14?/m1/s1. The van der Waals surface area contributed by atoms with Crippen molar-refractivity contribution in [3.8, 4) is 0 Å². The van der Waals surface area contributed by atoms with Crippen LogP contribution in [0.3, 0.4) is 0 Å². The summed E-state index contributed by atoms with van der Waals surface area (Å²) < 4.78 is 1.94. The first kappa shape index (κ1) is 14.6. The van der Waals surface area contributed by atoms with Crippen LogP contribution < -0.4 is 5.32 Å². The molecule has 3 rings (SSSR count). The summed E-state index contributed by atoms with van der Waals surface area (Å²) in [7, 11) is 1.98. The molecule has 2 aliphatic heterocycles. The van der Waals surface area contributed by atoms with Crippen LogP contribution in [0.4, 0.5) is 0 Å². The lowest BCUT2D eigenvalue weighted by Gasteiger charge is -2.31. The molecule has 0 aromatic carbocycles. The van der Waals surface area contributed by atoms with Crippen LogP contribution in [0.15, 0.2) is 0 Å². The summed E-state index contributed by atoms with van der Waals surface area (Å²) in [5.74, 6) is 0.292. The number of hydrogen-bond acceptors (Lipinski definition) is 3. The molecule has 2 fully saturated rings. The number of aryl methyl sites for hydroxylation is 2. The van der Waals surface area contributed by atoms with Gasteiger partial charge in [0.15, 0.2) is 0 Å². The highest BCUT2D eigenvalue weighted by molar-refractivity contribution is 5.82. The second-order valence-corrected chi connectivity index (χ2v) is 6.40. The number of carbonyl (C=O) groups is 1. The van der Waals surface area contributed by atoms with Crippen molar-refractivity contribution in [3.63, 3.8) is 0 Å². The number of aromatic nitrogens is 2. The number of carbonyl (C=O) groups excluding carboxylic acids is 1. The minimum Gasteiger partial charge on any atom is -0.334 e. The predicted octanol–water partition coefficient (Wildman–Crippen LogP) is 1.84. The number of likely N-dealkylation sites (tertiary alicyclic amines) is 1. The molecule has 1 aromatic rings. The van der Waals surface area contributed by atoms with Crippen molar-refractivity contribution in [3.05, 3.63) is 17.0 Å². The topological polar surface area (TPSA) is 50.2 Å². The molecule has 0 saturated carbocycles. The predicted molar refractivity (Wildman–Crippen MR) is 82.0 cm³/mol. The van der Waals surface area contributed by atoms with Gasteiger partial charge in [0.2, 0.25) is 5.91 Å². The second-order valence-electron chi connectivity index (χ2n) is 6.40. The monoisotopic (exact) mass is 290 g/mol. The summed E-state index contributed by atoms with van der Waals surface area (Å²) in [5.41, 5.74) is 3.52. The lowest BCUT2D eigenvalue weighted by atomic mass is 10.00. The largest absolute Gasteiger partial charge is 0.334 e. The van der Waals surface area contributed by atoms with E-state index >= 15 is 0 Å².